The Morgan fingerprint density at radius 1 is 1.20 bits per heavy atom. The first kappa shape index (κ1) is 10.5. The molecule has 2 nitrogen and oxygen atoms in total. The van der Waals surface area contributed by atoms with E-state index in [9.17, 15) is 0 Å². The van der Waals surface area contributed by atoms with Gasteiger partial charge in [0.2, 0.25) is 5.88 Å². The molecule has 0 amide bonds. The Bertz CT molecular complexity index is 499. The van der Waals surface area contributed by atoms with Gasteiger partial charge >= 0.3 is 0 Å². The molecule has 78 valence electrons. The van der Waals surface area contributed by atoms with Crippen LogP contribution >= 0.6 is 23.2 Å². The molecular formula is C11H9Cl2NO. The summed E-state index contributed by atoms with van der Waals surface area (Å²) in [4.78, 5) is 4.30. The number of aromatic nitrogens is 1. The molecule has 0 spiro atoms. The minimum atomic E-state index is 0.505. The van der Waals surface area contributed by atoms with E-state index >= 15 is 0 Å². The molecule has 15 heavy (non-hydrogen) atoms. The molecule has 1 aromatic heterocycles. The number of fused-ring (bicyclic) bond motifs is 1. The molecule has 0 aliphatic heterocycles. The maximum atomic E-state index is 5.90. The largest absolute Gasteiger partial charge is 0.478 e. The van der Waals surface area contributed by atoms with Crippen LogP contribution in [0.3, 0.4) is 0 Å². The van der Waals surface area contributed by atoms with Crippen molar-refractivity contribution in [1.29, 1.82) is 0 Å². The first-order valence-corrected chi connectivity index (χ1v) is 5.35. The zero-order valence-corrected chi connectivity index (χ0v) is 9.64. The van der Waals surface area contributed by atoms with E-state index in [1.807, 2.05) is 19.1 Å². The van der Waals surface area contributed by atoms with E-state index in [4.69, 9.17) is 27.9 Å². The predicted octanol–water partition coefficient (Wildman–Crippen LogP) is 3.94. The second-order valence-electron chi connectivity index (χ2n) is 3.04. The van der Waals surface area contributed by atoms with Crippen molar-refractivity contribution in [3.05, 3.63) is 34.3 Å². The number of nitrogens with zero attached hydrogens (tertiary/aromatic N) is 1. The number of hydrogen-bond acceptors (Lipinski definition) is 2. The number of benzene rings is 1. The molecule has 4 heteroatoms. The first-order chi connectivity index (χ1) is 7.20. The van der Waals surface area contributed by atoms with Gasteiger partial charge in [0.25, 0.3) is 0 Å². The highest BCUT2D eigenvalue weighted by atomic mass is 35.5. The molecule has 1 heterocycles. The van der Waals surface area contributed by atoms with Gasteiger partial charge in [0.15, 0.2) is 0 Å². The van der Waals surface area contributed by atoms with Crippen LogP contribution in [0.4, 0.5) is 0 Å². The SMILES string of the molecule is CCOc1ccc2cc(Cl)c(Cl)cc2n1. The van der Waals surface area contributed by atoms with Gasteiger partial charge in [0, 0.05) is 11.5 Å². The van der Waals surface area contributed by atoms with E-state index in [2.05, 4.69) is 4.98 Å². The van der Waals surface area contributed by atoms with Crippen molar-refractivity contribution in [2.45, 2.75) is 6.92 Å². The van der Waals surface area contributed by atoms with Crippen molar-refractivity contribution in [1.82, 2.24) is 4.98 Å². The minimum absolute atomic E-state index is 0.505. The van der Waals surface area contributed by atoms with Crippen LogP contribution in [0.15, 0.2) is 24.3 Å². The topological polar surface area (TPSA) is 22.1 Å². The van der Waals surface area contributed by atoms with Gasteiger partial charge in [0.05, 0.1) is 22.2 Å². The highest BCUT2D eigenvalue weighted by Gasteiger charge is 2.03. The monoisotopic (exact) mass is 241 g/mol. The molecule has 0 bridgehead atoms. The Morgan fingerprint density at radius 2 is 1.93 bits per heavy atom. The molecule has 1 aromatic carbocycles. The lowest BCUT2D eigenvalue weighted by Crippen LogP contribution is -1.94. The Labute approximate surface area is 97.8 Å². The van der Waals surface area contributed by atoms with Crippen LogP contribution in [0.5, 0.6) is 5.88 Å². The normalized spacial score (nSPS) is 10.6. The van der Waals surface area contributed by atoms with E-state index < -0.39 is 0 Å². The Hall–Kier alpha value is -0.990. The fourth-order valence-corrected chi connectivity index (χ4v) is 1.66. The van der Waals surface area contributed by atoms with Crippen molar-refractivity contribution >= 4 is 34.1 Å². The summed E-state index contributed by atoms with van der Waals surface area (Å²) in [6, 6.07) is 7.26. The molecule has 0 saturated carbocycles. The summed E-state index contributed by atoms with van der Waals surface area (Å²) >= 11 is 11.8. The molecule has 0 saturated heterocycles. The summed E-state index contributed by atoms with van der Waals surface area (Å²) in [5.74, 6) is 0.600. The third-order valence-corrected chi connectivity index (χ3v) is 2.72. The maximum Gasteiger partial charge on any atom is 0.213 e. The standard InChI is InChI=1S/C11H9Cl2NO/c1-2-15-11-4-3-7-5-8(12)9(13)6-10(7)14-11/h3-6H,2H2,1H3. The molecule has 0 N–H and O–H groups in total. The fraction of sp³-hybridized carbons (Fsp3) is 0.182. The van der Waals surface area contributed by atoms with Crippen LogP contribution in [-0.4, -0.2) is 11.6 Å². The fourth-order valence-electron chi connectivity index (χ4n) is 1.33. The number of hydrogen-bond donors (Lipinski definition) is 0. The molecule has 0 aliphatic rings. The molecular weight excluding hydrogens is 233 g/mol. The van der Waals surface area contributed by atoms with E-state index in [1.54, 1.807) is 12.1 Å². The number of halogens is 2. The van der Waals surface area contributed by atoms with Gasteiger partial charge in [0.1, 0.15) is 0 Å². The second-order valence-corrected chi connectivity index (χ2v) is 3.86. The van der Waals surface area contributed by atoms with Crippen LogP contribution in [0.25, 0.3) is 10.9 Å². The smallest absolute Gasteiger partial charge is 0.213 e. The number of pyridine rings is 1. The Morgan fingerprint density at radius 3 is 2.67 bits per heavy atom. The van der Waals surface area contributed by atoms with Crippen molar-refractivity contribution < 1.29 is 4.74 Å². The van der Waals surface area contributed by atoms with Crippen LogP contribution in [0, 0.1) is 0 Å². The Balaban J connectivity index is 2.56. The average molecular weight is 242 g/mol. The van der Waals surface area contributed by atoms with Gasteiger partial charge in [-0.15, -0.1) is 0 Å². The molecule has 0 fully saturated rings. The van der Waals surface area contributed by atoms with Crippen molar-refractivity contribution in [2.75, 3.05) is 6.61 Å². The van der Waals surface area contributed by atoms with Gasteiger partial charge in [-0.05, 0) is 25.1 Å². The zero-order chi connectivity index (χ0) is 10.8. The summed E-state index contributed by atoms with van der Waals surface area (Å²) in [6.07, 6.45) is 0. The lowest BCUT2D eigenvalue weighted by atomic mass is 10.2. The Kier molecular flexibility index (Phi) is 2.98. The van der Waals surface area contributed by atoms with Crippen molar-refractivity contribution in [3.8, 4) is 5.88 Å². The molecule has 2 aromatic rings. The lowest BCUT2D eigenvalue weighted by Gasteiger charge is -2.04. The van der Waals surface area contributed by atoms with Gasteiger partial charge in [-0.1, -0.05) is 23.2 Å². The van der Waals surface area contributed by atoms with E-state index in [1.165, 1.54) is 0 Å². The van der Waals surface area contributed by atoms with Crippen LogP contribution in [0.2, 0.25) is 10.0 Å². The van der Waals surface area contributed by atoms with Gasteiger partial charge in [-0.2, -0.15) is 0 Å². The van der Waals surface area contributed by atoms with Crippen LogP contribution in [0.1, 0.15) is 6.92 Å². The quantitative estimate of drug-likeness (QED) is 0.795. The number of ether oxygens (including phenoxy) is 1. The molecule has 0 radical (unpaired) electrons. The van der Waals surface area contributed by atoms with Gasteiger partial charge in [-0.25, -0.2) is 4.98 Å². The highest BCUT2D eigenvalue weighted by molar-refractivity contribution is 6.42. The second kappa shape index (κ2) is 4.25. The van der Waals surface area contributed by atoms with Gasteiger partial charge < -0.3 is 4.74 Å². The van der Waals surface area contributed by atoms with Crippen molar-refractivity contribution in [3.63, 3.8) is 0 Å². The summed E-state index contributed by atoms with van der Waals surface area (Å²) in [5, 5.41) is 1.99. The lowest BCUT2D eigenvalue weighted by molar-refractivity contribution is 0.328. The summed E-state index contributed by atoms with van der Waals surface area (Å²) in [6.45, 7) is 2.51. The number of rotatable bonds is 2. The molecule has 0 aliphatic carbocycles. The molecule has 0 atom stereocenters. The third kappa shape index (κ3) is 2.16. The van der Waals surface area contributed by atoms with E-state index in [-0.39, 0.29) is 0 Å². The first-order valence-electron chi connectivity index (χ1n) is 4.59. The predicted molar refractivity (Wildman–Crippen MR) is 62.9 cm³/mol. The zero-order valence-electron chi connectivity index (χ0n) is 8.13. The van der Waals surface area contributed by atoms with Crippen LogP contribution < -0.4 is 4.74 Å². The highest BCUT2D eigenvalue weighted by Crippen LogP contribution is 2.27. The van der Waals surface area contributed by atoms with E-state index in [0.29, 0.717) is 22.5 Å². The average Bonchev–Trinajstić information content (AvgIpc) is 2.21. The minimum Gasteiger partial charge on any atom is -0.478 e. The molecule has 0 unspecified atom stereocenters. The molecule has 2 rings (SSSR count). The third-order valence-electron chi connectivity index (χ3n) is 2.00. The van der Waals surface area contributed by atoms with Crippen LogP contribution in [-0.2, 0) is 0 Å². The van der Waals surface area contributed by atoms with E-state index in [0.717, 1.165) is 10.9 Å². The maximum absolute atomic E-state index is 5.90. The van der Waals surface area contributed by atoms with Crippen molar-refractivity contribution in [2.24, 2.45) is 0 Å². The summed E-state index contributed by atoms with van der Waals surface area (Å²) < 4.78 is 5.30. The summed E-state index contributed by atoms with van der Waals surface area (Å²) in [7, 11) is 0. The summed E-state index contributed by atoms with van der Waals surface area (Å²) in [5.41, 5.74) is 0.787. The van der Waals surface area contributed by atoms with Gasteiger partial charge in [-0.3, -0.25) is 0 Å².